The van der Waals surface area contributed by atoms with E-state index in [0.717, 1.165) is 6.04 Å². The highest BCUT2D eigenvalue weighted by atomic mass is 29.2. The van der Waals surface area contributed by atoms with E-state index in [1.165, 1.54) is 32.4 Å². The van der Waals surface area contributed by atoms with Crippen LogP contribution in [0, 0.1) is 0 Å². The van der Waals surface area contributed by atoms with Crippen molar-refractivity contribution in [2.45, 2.75) is 32.7 Å². The average Bonchev–Trinajstić information content (AvgIpc) is 1.91. The molecule has 0 radical (unpaired) electrons. The summed E-state index contributed by atoms with van der Waals surface area (Å²) in [7, 11) is 3.67. The van der Waals surface area contributed by atoms with Gasteiger partial charge in [-0.1, -0.05) is 20.3 Å². The Hall–Kier alpha value is 0.828. The van der Waals surface area contributed by atoms with E-state index in [1.54, 1.807) is 0 Å². The zero-order valence-corrected chi connectivity index (χ0v) is 14.7. The monoisotopic (exact) mass is 207 g/mol. The summed E-state index contributed by atoms with van der Waals surface area (Å²) in [6.07, 6.45) is 2.83. The van der Waals surface area contributed by atoms with E-state index in [2.05, 4.69) is 18.1 Å². The van der Waals surface area contributed by atoms with Gasteiger partial charge < -0.3 is 4.23 Å². The number of hydrogen-bond donors (Lipinski definition) is 0. The Bertz CT molecular complexity index is 76.0. The van der Waals surface area contributed by atoms with Gasteiger partial charge in [-0.2, -0.15) is 0 Å². The lowest BCUT2D eigenvalue weighted by Gasteiger charge is -2.26. The largest absolute Gasteiger partial charge is 0.358 e. The van der Waals surface area contributed by atoms with Crippen LogP contribution in [0.4, 0.5) is 0 Å². The molecule has 1 nitrogen and oxygen atoms in total. The first-order chi connectivity index (χ1) is 4.76. The average molecular weight is 208 g/mol. The van der Waals surface area contributed by atoms with Gasteiger partial charge in [0.1, 0.15) is 0 Å². The highest BCUT2D eigenvalue weighted by molar-refractivity contribution is 6.98. The molecule has 0 rings (SSSR count). The topological polar surface area (TPSA) is 3.24 Å². The summed E-state index contributed by atoms with van der Waals surface area (Å²) in [5.74, 6) is 0. The zero-order chi connectivity index (χ0) is 7.98. The van der Waals surface area contributed by atoms with E-state index in [4.69, 9.17) is 0 Å². The maximum atomic E-state index is 2.90. The molecule has 0 aromatic rings. The Balaban J connectivity index is 3.53. The molecule has 5 heteroatoms. The quantitative estimate of drug-likeness (QED) is 0.441. The molecule has 0 saturated heterocycles. The molecule has 0 aliphatic heterocycles. The van der Waals surface area contributed by atoms with Crippen molar-refractivity contribution in [3.8, 4) is 0 Å². The minimum absolute atomic E-state index is 0.329. The Morgan fingerprint density at radius 3 is 2.20 bits per heavy atom. The van der Waals surface area contributed by atoms with Crippen LogP contribution in [-0.4, -0.2) is 48.2 Å². The van der Waals surface area contributed by atoms with Gasteiger partial charge in [0.2, 0.25) is 0 Å². The molecule has 0 fully saturated rings. The maximum Gasteiger partial charge on any atom is 0.0673 e. The van der Waals surface area contributed by atoms with Crippen LogP contribution in [-0.2, 0) is 0 Å². The van der Waals surface area contributed by atoms with Crippen molar-refractivity contribution in [3.05, 3.63) is 0 Å². The van der Waals surface area contributed by atoms with Crippen molar-refractivity contribution >= 4 is 37.9 Å². The minimum atomic E-state index is 0.329. The second-order valence-electron chi connectivity index (χ2n) is 2.86. The van der Waals surface area contributed by atoms with Gasteiger partial charge in [-0.05, 0) is 12.5 Å². The van der Waals surface area contributed by atoms with E-state index >= 15 is 0 Å². The van der Waals surface area contributed by atoms with E-state index in [0.29, 0.717) is 18.4 Å². The number of nitrogens with zero attached hydrogens (tertiary/aromatic N) is 1. The summed E-state index contributed by atoms with van der Waals surface area (Å²) in [5, 5.41) is 0. The van der Waals surface area contributed by atoms with Crippen LogP contribution in [0.3, 0.4) is 0 Å². The molecule has 0 aromatic heterocycles. The van der Waals surface area contributed by atoms with Crippen molar-refractivity contribution in [1.82, 2.24) is 4.23 Å². The van der Waals surface area contributed by atoms with Gasteiger partial charge in [-0.3, -0.25) is 0 Å². The predicted molar refractivity (Wildman–Crippen MR) is 63.2 cm³/mol. The van der Waals surface area contributed by atoms with Crippen LogP contribution in [0.5, 0.6) is 0 Å². The van der Waals surface area contributed by atoms with Gasteiger partial charge in [-0.25, -0.2) is 0 Å². The van der Waals surface area contributed by atoms with E-state index < -0.39 is 0 Å². The molecular weight excluding hydrogens is 186 g/mol. The lowest BCUT2D eigenvalue weighted by molar-refractivity contribution is 0.478. The summed E-state index contributed by atoms with van der Waals surface area (Å²) in [6, 6.07) is 0.971. The second kappa shape index (κ2) is 6.53. The van der Waals surface area contributed by atoms with Crippen molar-refractivity contribution in [2.24, 2.45) is 0 Å². The SMILES string of the molecule is CCCC(C)N([SiH2][SiH3])[SiH2][SiH3]. The summed E-state index contributed by atoms with van der Waals surface area (Å²) in [4.78, 5) is 0. The van der Waals surface area contributed by atoms with Gasteiger partial charge in [0, 0.05) is 19.5 Å². The normalized spacial score (nSPS) is 17.1. The third-order valence-corrected chi connectivity index (χ3v) is 17.9. The summed E-state index contributed by atoms with van der Waals surface area (Å²) in [5.41, 5.74) is 0. The first kappa shape index (κ1) is 10.8. The maximum absolute atomic E-state index is 2.90. The van der Waals surface area contributed by atoms with Gasteiger partial charge in [0.05, 0.1) is 18.4 Å². The lowest BCUT2D eigenvalue weighted by Crippen LogP contribution is -2.39. The molecule has 0 N–H and O–H groups in total. The number of hydrogen-bond acceptors (Lipinski definition) is 1. The molecule has 10 heavy (non-hydrogen) atoms. The fourth-order valence-corrected chi connectivity index (χ4v) is 24.7. The highest BCUT2D eigenvalue weighted by Crippen LogP contribution is 2.01. The van der Waals surface area contributed by atoms with Crippen LogP contribution in [0.2, 0.25) is 0 Å². The van der Waals surface area contributed by atoms with Gasteiger partial charge in [0.15, 0.2) is 0 Å². The molecule has 0 aromatic carbocycles. The number of rotatable bonds is 5. The Morgan fingerprint density at radius 2 is 1.90 bits per heavy atom. The molecule has 0 amide bonds. The van der Waals surface area contributed by atoms with Gasteiger partial charge in [0.25, 0.3) is 0 Å². The smallest absolute Gasteiger partial charge is 0.0673 e. The van der Waals surface area contributed by atoms with Crippen molar-refractivity contribution in [1.29, 1.82) is 0 Å². The van der Waals surface area contributed by atoms with Crippen LogP contribution in [0.15, 0.2) is 0 Å². The summed E-state index contributed by atoms with van der Waals surface area (Å²) >= 11 is 0. The van der Waals surface area contributed by atoms with E-state index in [-0.39, 0.29) is 0 Å². The third kappa shape index (κ3) is 3.87. The van der Waals surface area contributed by atoms with Crippen LogP contribution >= 0.6 is 0 Å². The molecular formula is C5H21NSi4. The Kier molecular flexibility index (Phi) is 7.07. The van der Waals surface area contributed by atoms with Gasteiger partial charge >= 0.3 is 0 Å². The van der Waals surface area contributed by atoms with Crippen LogP contribution < -0.4 is 0 Å². The lowest BCUT2D eigenvalue weighted by atomic mass is 10.2. The molecule has 62 valence electrons. The van der Waals surface area contributed by atoms with Crippen molar-refractivity contribution in [2.75, 3.05) is 0 Å². The highest BCUT2D eigenvalue weighted by Gasteiger charge is 2.06. The second-order valence-corrected chi connectivity index (χ2v) is 10.4. The molecule has 0 aliphatic carbocycles. The molecule has 0 spiro atoms. The molecule has 0 aliphatic rings. The standard InChI is InChI=1S/C5H21NSi4/c1-3-4-5(2)6(9-7)10-8/h5H,3-4,9-10H2,1-2,7-8H3. The molecule has 0 heterocycles. The van der Waals surface area contributed by atoms with E-state index in [1.807, 2.05) is 0 Å². The fraction of sp³-hybridized carbons (Fsp3) is 1.00. The summed E-state index contributed by atoms with van der Waals surface area (Å²) in [6.45, 7) is 4.73. The summed E-state index contributed by atoms with van der Waals surface area (Å²) < 4.78 is 2.90. The molecule has 1 atom stereocenters. The first-order valence-corrected chi connectivity index (χ1v) is 17.1. The Morgan fingerprint density at radius 1 is 1.40 bits per heavy atom. The zero-order valence-electron chi connectivity index (χ0n) is 7.85. The van der Waals surface area contributed by atoms with Crippen molar-refractivity contribution < 1.29 is 0 Å². The molecule has 0 bridgehead atoms. The Labute approximate surface area is 75.2 Å². The van der Waals surface area contributed by atoms with Crippen LogP contribution in [0.1, 0.15) is 26.7 Å². The third-order valence-electron chi connectivity index (χ3n) is 2.14. The predicted octanol–water partition coefficient (Wildman–Crippen LogP) is -2.79. The minimum Gasteiger partial charge on any atom is -0.358 e. The van der Waals surface area contributed by atoms with Crippen LogP contribution in [0.25, 0.3) is 0 Å². The molecule has 0 saturated carbocycles. The first-order valence-electron chi connectivity index (χ1n) is 4.50. The fourth-order valence-electron chi connectivity index (χ4n) is 1.45. The molecule has 1 unspecified atom stereocenters. The van der Waals surface area contributed by atoms with Crippen molar-refractivity contribution in [3.63, 3.8) is 0 Å². The van der Waals surface area contributed by atoms with Gasteiger partial charge in [-0.15, -0.1) is 0 Å². The van der Waals surface area contributed by atoms with E-state index in [9.17, 15) is 0 Å².